The molecule has 9 heteroatoms. The zero-order valence-electron chi connectivity index (χ0n) is 21.2. The van der Waals surface area contributed by atoms with Crippen molar-refractivity contribution in [2.45, 2.75) is 45.8 Å². The van der Waals surface area contributed by atoms with Crippen molar-refractivity contribution < 1.29 is 43.1 Å². The van der Waals surface area contributed by atoms with E-state index in [0.29, 0.717) is 57.6 Å². The van der Waals surface area contributed by atoms with Gasteiger partial charge in [0.25, 0.3) is 0 Å². The summed E-state index contributed by atoms with van der Waals surface area (Å²) in [6.45, 7) is 7.27. The Morgan fingerprint density at radius 1 is 1.00 bits per heavy atom. The number of benzene rings is 2. The lowest BCUT2D eigenvalue weighted by Crippen LogP contribution is -2.43. The summed E-state index contributed by atoms with van der Waals surface area (Å²) in [5, 5.41) is 11.9. The standard InChI is InChI=1S/C27H30O9/c1-13(2)7-19(28)36-26-16-10-18-23(35-12-33-18)25(31-6)21(16)20-15(8-14(3)27(26,4)29)9-17-22(24(20)30-5)34-11-32-17/h7,9-10,14,26,29H,8,11-12H2,1-6H3/t14-,26-,27-/m0/s1. The highest BCUT2D eigenvalue weighted by atomic mass is 16.7. The second kappa shape index (κ2) is 8.81. The molecule has 2 heterocycles. The number of rotatable bonds is 4. The van der Waals surface area contributed by atoms with Crippen LogP contribution in [0.15, 0.2) is 23.8 Å². The van der Waals surface area contributed by atoms with Crippen molar-refractivity contribution in [1.29, 1.82) is 0 Å². The first-order valence-electron chi connectivity index (χ1n) is 11.8. The molecular formula is C27H30O9. The molecule has 3 atom stereocenters. The predicted molar refractivity (Wildman–Crippen MR) is 129 cm³/mol. The van der Waals surface area contributed by atoms with E-state index in [4.69, 9.17) is 33.2 Å². The summed E-state index contributed by atoms with van der Waals surface area (Å²) < 4.78 is 40.6. The maximum atomic E-state index is 12.9. The summed E-state index contributed by atoms with van der Waals surface area (Å²) in [6.07, 6.45) is 0.774. The first kappa shape index (κ1) is 24.1. The molecule has 0 aromatic heterocycles. The highest BCUT2D eigenvalue weighted by molar-refractivity contribution is 5.90. The molecule has 5 rings (SSSR count). The van der Waals surface area contributed by atoms with Crippen molar-refractivity contribution in [2.75, 3.05) is 27.8 Å². The Labute approximate surface area is 209 Å². The van der Waals surface area contributed by atoms with Gasteiger partial charge in [0.15, 0.2) is 29.1 Å². The number of carbonyl (C=O) groups excluding carboxylic acids is 1. The molecule has 2 aliphatic heterocycles. The lowest BCUT2D eigenvalue weighted by molar-refractivity contribution is -0.165. The molecule has 3 aliphatic rings. The second-order valence-electron chi connectivity index (χ2n) is 9.66. The molecule has 0 bridgehead atoms. The van der Waals surface area contributed by atoms with E-state index < -0.39 is 17.7 Å². The highest BCUT2D eigenvalue weighted by Crippen LogP contribution is 2.59. The Morgan fingerprint density at radius 3 is 2.17 bits per heavy atom. The number of methoxy groups -OCH3 is 2. The summed E-state index contributed by atoms with van der Waals surface area (Å²) in [5.74, 6) is 1.83. The molecule has 36 heavy (non-hydrogen) atoms. The highest BCUT2D eigenvalue weighted by Gasteiger charge is 2.47. The van der Waals surface area contributed by atoms with E-state index in [0.717, 1.165) is 11.1 Å². The van der Waals surface area contributed by atoms with Crippen molar-refractivity contribution in [3.8, 4) is 45.6 Å². The molecule has 0 amide bonds. The van der Waals surface area contributed by atoms with E-state index in [-0.39, 0.29) is 19.5 Å². The maximum absolute atomic E-state index is 12.9. The van der Waals surface area contributed by atoms with Gasteiger partial charge < -0.3 is 38.3 Å². The molecule has 2 aromatic carbocycles. The summed E-state index contributed by atoms with van der Waals surface area (Å²) in [6, 6.07) is 3.64. The van der Waals surface area contributed by atoms with Crippen LogP contribution in [-0.4, -0.2) is 44.5 Å². The van der Waals surface area contributed by atoms with Crippen LogP contribution >= 0.6 is 0 Å². The Bertz CT molecular complexity index is 1260. The molecule has 1 N–H and O–H groups in total. The molecule has 0 fully saturated rings. The summed E-state index contributed by atoms with van der Waals surface area (Å²) in [7, 11) is 3.09. The van der Waals surface area contributed by atoms with E-state index in [1.165, 1.54) is 13.2 Å². The fourth-order valence-corrected chi connectivity index (χ4v) is 5.06. The maximum Gasteiger partial charge on any atom is 0.331 e. The van der Waals surface area contributed by atoms with E-state index in [1.807, 2.05) is 13.0 Å². The van der Waals surface area contributed by atoms with Gasteiger partial charge in [0.2, 0.25) is 25.1 Å². The Morgan fingerprint density at radius 2 is 1.58 bits per heavy atom. The number of aliphatic hydroxyl groups is 1. The smallest absolute Gasteiger partial charge is 0.331 e. The number of allylic oxidation sites excluding steroid dienone is 1. The third-order valence-corrected chi connectivity index (χ3v) is 6.99. The van der Waals surface area contributed by atoms with Gasteiger partial charge in [-0.3, -0.25) is 0 Å². The van der Waals surface area contributed by atoms with Gasteiger partial charge in [-0.05, 0) is 50.8 Å². The summed E-state index contributed by atoms with van der Waals surface area (Å²) >= 11 is 0. The van der Waals surface area contributed by atoms with E-state index >= 15 is 0 Å². The Balaban J connectivity index is 1.87. The first-order valence-corrected chi connectivity index (χ1v) is 11.8. The molecule has 192 valence electrons. The van der Waals surface area contributed by atoms with Gasteiger partial charge in [-0.25, -0.2) is 4.79 Å². The van der Waals surface area contributed by atoms with Crippen LogP contribution in [0.1, 0.15) is 44.9 Å². The van der Waals surface area contributed by atoms with Crippen molar-refractivity contribution in [1.82, 2.24) is 0 Å². The predicted octanol–water partition coefficient (Wildman–Crippen LogP) is 4.32. The van der Waals surface area contributed by atoms with Crippen LogP contribution in [0.4, 0.5) is 0 Å². The molecular weight excluding hydrogens is 468 g/mol. The van der Waals surface area contributed by atoms with Crippen LogP contribution < -0.4 is 28.4 Å². The number of carbonyl (C=O) groups is 1. The zero-order chi connectivity index (χ0) is 25.8. The Hall–Kier alpha value is -3.59. The molecule has 2 aromatic rings. The monoisotopic (exact) mass is 498 g/mol. The summed E-state index contributed by atoms with van der Waals surface area (Å²) in [5.41, 5.74) is 1.94. The van der Waals surface area contributed by atoms with E-state index in [2.05, 4.69) is 0 Å². The van der Waals surface area contributed by atoms with Gasteiger partial charge in [0.05, 0.1) is 14.2 Å². The Kier molecular flexibility index (Phi) is 5.90. The third kappa shape index (κ3) is 3.69. The average molecular weight is 499 g/mol. The van der Waals surface area contributed by atoms with Gasteiger partial charge in [-0.1, -0.05) is 12.5 Å². The molecule has 0 saturated carbocycles. The van der Waals surface area contributed by atoms with Crippen LogP contribution in [-0.2, 0) is 16.0 Å². The third-order valence-electron chi connectivity index (χ3n) is 6.99. The van der Waals surface area contributed by atoms with Crippen LogP contribution in [0.2, 0.25) is 0 Å². The van der Waals surface area contributed by atoms with Crippen molar-refractivity contribution in [3.05, 3.63) is 34.9 Å². The lowest BCUT2D eigenvalue weighted by atomic mass is 9.73. The first-order chi connectivity index (χ1) is 17.2. The van der Waals surface area contributed by atoms with Crippen molar-refractivity contribution in [2.24, 2.45) is 5.92 Å². The number of esters is 1. The number of fused-ring (bicyclic) bond motifs is 5. The molecule has 1 aliphatic carbocycles. The van der Waals surface area contributed by atoms with Crippen LogP contribution in [0.3, 0.4) is 0 Å². The number of ether oxygens (including phenoxy) is 7. The van der Waals surface area contributed by atoms with Crippen molar-refractivity contribution in [3.63, 3.8) is 0 Å². The molecule has 9 nitrogen and oxygen atoms in total. The van der Waals surface area contributed by atoms with Crippen molar-refractivity contribution >= 4 is 5.97 Å². The van der Waals surface area contributed by atoms with Gasteiger partial charge in [-0.15, -0.1) is 0 Å². The normalized spacial score (nSPS) is 23.1. The van der Waals surface area contributed by atoms with Crippen LogP contribution in [0, 0.1) is 5.92 Å². The van der Waals surface area contributed by atoms with Crippen LogP contribution in [0.25, 0.3) is 11.1 Å². The molecule has 0 saturated heterocycles. The number of hydrogen-bond donors (Lipinski definition) is 1. The zero-order valence-corrected chi connectivity index (χ0v) is 21.2. The average Bonchev–Trinajstić information content (AvgIpc) is 3.48. The van der Waals surface area contributed by atoms with E-state index in [1.54, 1.807) is 33.9 Å². The van der Waals surface area contributed by atoms with Gasteiger partial charge >= 0.3 is 5.97 Å². The quantitative estimate of drug-likeness (QED) is 0.488. The van der Waals surface area contributed by atoms with Gasteiger partial charge in [-0.2, -0.15) is 0 Å². The van der Waals surface area contributed by atoms with Crippen LogP contribution in [0.5, 0.6) is 34.5 Å². The van der Waals surface area contributed by atoms with Gasteiger partial charge in [0, 0.05) is 22.8 Å². The minimum absolute atomic E-state index is 0.00867. The fraction of sp³-hybridized carbons (Fsp3) is 0.444. The molecule has 0 unspecified atom stereocenters. The van der Waals surface area contributed by atoms with E-state index in [9.17, 15) is 9.90 Å². The SMILES string of the molecule is COc1c2c(cc3c1-c1c(cc4c(c1OC)OCO4)[C@H](OC(=O)C=C(C)C)[C@@](C)(O)[C@@H](C)C3)OCO2. The minimum atomic E-state index is -1.46. The lowest BCUT2D eigenvalue weighted by Gasteiger charge is -2.40. The topological polar surface area (TPSA) is 102 Å². The summed E-state index contributed by atoms with van der Waals surface area (Å²) in [4.78, 5) is 12.9. The second-order valence-corrected chi connectivity index (χ2v) is 9.66. The molecule has 0 spiro atoms. The fourth-order valence-electron chi connectivity index (χ4n) is 5.06. The minimum Gasteiger partial charge on any atom is -0.492 e. The largest absolute Gasteiger partial charge is 0.492 e. The van der Waals surface area contributed by atoms with Gasteiger partial charge in [0.1, 0.15) is 5.60 Å². The number of hydrogen-bond acceptors (Lipinski definition) is 9. The molecule has 0 radical (unpaired) electrons.